The molecule has 0 saturated heterocycles. The lowest BCUT2D eigenvalue weighted by Crippen LogP contribution is -2.36. The van der Waals surface area contributed by atoms with E-state index in [9.17, 15) is 14.7 Å². The number of benzene rings is 1. The van der Waals surface area contributed by atoms with Gasteiger partial charge in [0.05, 0.1) is 7.11 Å². The maximum absolute atomic E-state index is 12.0. The van der Waals surface area contributed by atoms with E-state index in [-0.39, 0.29) is 16.7 Å². The number of ether oxygens (including phenoxy) is 2. The molecule has 152 valence electrons. The molecule has 2 unspecified atom stereocenters. The zero-order valence-electron chi connectivity index (χ0n) is 14.8. The largest absolute Gasteiger partial charge is 0.475 e. The minimum absolute atomic E-state index is 0.126. The summed E-state index contributed by atoms with van der Waals surface area (Å²) in [6.45, 7) is 0. The summed E-state index contributed by atoms with van der Waals surface area (Å²) in [5.74, 6) is -2.83. The van der Waals surface area contributed by atoms with Crippen molar-refractivity contribution >= 4 is 52.8 Å². The Balaban J connectivity index is 1.88. The summed E-state index contributed by atoms with van der Waals surface area (Å²) < 4.78 is 10.1. The number of carboxylic acid groups (broad SMARTS) is 1. The van der Waals surface area contributed by atoms with Crippen molar-refractivity contribution in [3.8, 4) is 0 Å². The Morgan fingerprint density at radius 1 is 1.41 bits per heavy atom. The number of hydrogen-bond acceptors (Lipinski definition) is 11. The van der Waals surface area contributed by atoms with Crippen molar-refractivity contribution in [1.82, 2.24) is 9.99 Å². The number of hydrogen-bond donors (Lipinski definition) is 3. The number of thiol groups is 1. The lowest BCUT2D eigenvalue weighted by atomic mass is 10.2. The molecule has 11 nitrogen and oxygen atoms in total. The van der Waals surface area contributed by atoms with Crippen molar-refractivity contribution < 1.29 is 29.0 Å². The van der Waals surface area contributed by atoms with E-state index in [2.05, 4.69) is 32.6 Å². The number of esters is 1. The highest BCUT2D eigenvalue weighted by atomic mass is 32.1. The maximum Gasteiger partial charge on any atom is 0.377 e. The number of carboxylic acids is 1. The van der Waals surface area contributed by atoms with Crippen LogP contribution in [0.4, 0.5) is 5.13 Å². The predicted molar refractivity (Wildman–Crippen MR) is 106 cm³/mol. The van der Waals surface area contributed by atoms with Gasteiger partial charge in [-0.2, -0.15) is 5.01 Å². The fourth-order valence-corrected chi connectivity index (χ4v) is 3.04. The molecule has 0 aliphatic carbocycles. The van der Waals surface area contributed by atoms with E-state index in [0.717, 1.165) is 23.5 Å². The van der Waals surface area contributed by atoms with Crippen LogP contribution >= 0.6 is 24.0 Å². The first-order valence-corrected chi connectivity index (χ1v) is 9.34. The molecule has 13 heteroatoms. The number of hydrazone groups is 1. The fourth-order valence-electron chi connectivity index (χ4n) is 2.21. The molecule has 0 saturated carbocycles. The highest BCUT2D eigenvalue weighted by Gasteiger charge is 2.35. The Morgan fingerprint density at radius 3 is 2.72 bits per heavy atom. The lowest BCUT2D eigenvalue weighted by Gasteiger charge is -2.17. The zero-order chi connectivity index (χ0) is 21.0. The third-order valence-electron chi connectivity index (χ3n) is 3.52. The molecular weight excluding hydrogens is 422 g/mol. The van der Waals surface area contributed by atoms with Crippen molar-refractivity contribution in [3.05, 3.63) is 47.0 Å². The lowest BCUT2D eigenvalue weighted by molar-refractivity contribution is -0.155. The van der Waals surface area contributed by atoms with Gasteiger partial charge in [-0.1, -0.05) is 23.4 Å². The van der Waals surface area contributed by atoms with Gasteiger partial charge >= 0.3 is 11.9 Å². The summed E-state index contributed by atoms with van der Waals surface area (Å²) in [4.78, 5) is 32.8. The van der Waals surface area contributed by atoms with E-state index in [1.165, 1.54) is 5.38 Å². The summed E-state index contributed by atoms with van der Waals surface area (Å²) in [6.07, 6.45) is -1.41. The quantitative estimate of drug-likeness (QED) is 0.207. The predicted octanol–water partition coefficient (Wildman–Crippen LogP) is 1.26. The molecule has 3 N–H and O–H groups in total. The smallest absolute Gasteiger partial charge is 0.377 e. The number of methoxy groups -OCH3 is 1. The number of thiazole rings is 1. The number of rotatable bonds is 5. The fraction of sp³-hybridized carbons (Fsp3) is 0.188. The van der Waals surface area contributed by atoms with Crippen molar-refractivity contribution in [2.24, 2.45) is 10.3 Å². The highest BCUT2D eigenvalue weighted by molar-refractivity contribution is 7.80. The first-order chi connectivity index (χ1) is 13.9. The topological polar surface area (TPSA) is 149 Å². The SMILES string of the molecule is COC(=O)C(ON=C(C(=O)O)N1N=C(c2ccccc2)OC1S)c1csc(N)n1. The first-order valence-electron chi connectivity index (χ1n) is 7.94. The molecule has 0 spiro atoms. The number of amidine groups is 1. The Kier molecular flexibility index (Phi) is 6.19. The molecule has 2 atom stereocenters. The van der Waals surface area contributed by atoms with Gasteiger partial charge in [0.2, 0.25) is 11.5 Å². The molecule has 29 heavy (non-hydrogen) atoms. The number of carbonyl (C=O) groups is 2. The van der Waals surface area contributed by atoms with E-state index in [1.807, 2.05) is 6.07 Å². The third kappa shape index (κ3) is 4.57. The number of aromatic nitrogens is 1. The molecule has 0 fully saturated rings. The maximum atomic E-state index is 12.0. The van der Waals surface area contributed by atoms with E-state index >= 15 is 0 Å². The van der Waals surface area contributed by atoms with Crippen LogP contribution < -0.4 is 5.73 Å². The molecule has 0 bridgehead atoms. The van der Waals surface area contributed by atoms with E-state index in [1.54, 1.807) is 24.3 Å². The summed E-state index contributed by atoms with van der Waals surface area (Å²) in [7, 11) is 1.14. The average molecular weight is 437 g/mol. The molecule has 2 heterocycles. The number of anilines is 1. The van der Waals surface area contributed by atoms with Crippen LogP contribution in [0.5, 0.6) is 0 Å². The van der Waals surface area contributed by atoms with E-state index in [4.69, 9.17) is 15.3 Å². The summed E-state index contributed by atoms with van der Waals surface area (Å²) in [5, 5.41) is 19.8. The van der Waals surface area contributed by atoms with Gasteiger partial charge in [0.25, 0.3) is 11.9 Å². The molecule has 0 radical (unpaired) electrons. The normalized spacial score (nSPS) is 17.3. The van der Waals surface area contributed by atoms with Gasteiger partial charge in [-0.3, -0.25) is 0 Å². The second-order valence-corrected chi connectivity index (χ2v) is 6.73. The van der Waals surface area contributed by atoms with Crippen LogP contribution in [-0.2, 0) is 23.9 Å². The van der Waals surface area contributed by atoms with Crippen molar-refractivity contribution in [2.45, 2.75) is 11.7 Å². The number of nitrogens with two attached hydrogens (primary N) is 1. The molecule has 1 aliphatic heterocycles. The Bertz CT molecular complexity index is 964. The first kappa shape index (κ1) is 20.4. The van der Waals surface area contributed by atoms with Crippen LogP contribution in [0, 0.1) is 0 Å². The minimum atomic E-state index is -1.48. The molecule has 3 rings (SSSR count). The van der Waals surface area contributed by atoms with Crippen LogP contribution in [0.2, 0.25) is 0 Å². The van der Waals surface area contributed by atoms with Gasteiger partial charge in [0.1, 0.15) is 5.69 Å². The van der Waals surface area contributed by atoms with Crippen LogP contribution in [0.15, 0.2) is 46.0 Å². The Hall–Kier alpha value is -3.32. The van der Waals surface area contributed by atoms with E-state index < -0.39 is 29.4 Å². The number of carbonyl (C=O) groups excluding carboxylic acids is 1. The molecule has 0 amide bonds. The van der Waals surface area contributed by atoms with Gasteiger partial charge in [-0.15, -0.1) is 29.1 Å². The molecule has 1 aromatic heterocycles. The molecule has 1 aliphatic rings. The Morgan fingerprint density at radius 2 is 2.14 bits per heavy atom. The monoisotopic (exact) mass is 437 g/mol. The number of oxime groups is 1. The highest BCUT2D eigenvalue weighted by Crippen LogP contribution is 2.24. The number of aliphatic carboxylic acids is 1. The van der Waals surface area contributed by atoms with Gasteiger partial charge in [-0.05, 0) is 12.1 Å². The van der Waals surface area contributed by atoms with Gasteiger partial charge < -0.3 is 25.2 Å². The summed E-state index contributed by atoms with van der Waals surface area (Å²) in [6, 6.07) is 8.82. The van der Waals surface area contributed by atoms with Crippen molar-refractivity contribution in [3.63, 3.8) is 0 Å². The number of nitrogens with zero attached hydrogens (tertiary/aromatic N) is 4. The second kappa shape index (κ2) is 8.79. The van der Waals surface area contributed by atoms with Gasteiger partial charge in [0.15, 0.2) is 5.13 Å². The number of nitrogen functional groups attached to an aromatic ring is 1. The van der Waals surface area contributed by atoms with Gasteiger partial charge in [0, 0.05) is 10.9 Å². The van der Waals surface area contributed by atoms with Gasteiger partial charge in [-0.25, -0.2) is 14.6 Å². The van der Waals surface area contributed by atoms with Crippen LogP contribution in [0.3, 0.4) is 0 Å². The average Bonchev–Trinajstić information content (AvgIpc) is 3.31. The molecule has 1 aromatic carbocycles. The zero-order valence-corrected chi connectivity index (χ0v) is 16.5. The van der Waals surface area contributed by atoms with Crippen LogP contribution in [-0.4, -0.2) is 51.4 Å². The second-order valence-electron chi connectivity index (χ2n) is 5.40. The van der Waals surface area contributed by atoms with Crippen molar-refractivity contribution in [2.75, 3.05) is 12.8 Å². The van der Waals surface area contributed by atoms with Crippen LogP contribution in [0.1, 0.15) is 17.4 Å². The summed E-state index contributed by atoms with van der Waals surface area (Å²) >= 11 is 5.25. The minimum Gasteiger partial charge on any atom is -0.475 e. The van der Waals surface area contributed by atoms with E-state index in [0.29, 0.717) is 5.56 Å². The molecule has 2 aromatic rings. The Labute approximate surface area is 173 Å². The third-order valence-corrected chi connectivity index (χ3v) is 4.54. The van der Waals surface area contributed by atoms with Crippen molar-refractivity contribution in [1.29, 1.82) is 0 Å². The summed E-state index contributed by atoms with van der Waals surface area (Å²) in [5.41, 5.74) is 5.24. The van der Waals surface area contributed by atoms with Crippen LogP contribution in [0.25, 0.3) is 0 Å². The molecular formula is C16H15N5O6S2. The standard InChI is InChI=1S/C16H15N5O6S2/c1-25-14(24)10(9-7-29-15(17)18-9)27-20-11(13(22)23)21-16(28)26-12(19-21)8-5-3-2-4-6-8/h2-7,10,16,28H,1H3,(H2,17,18)(H,22,23).